The van der Waals surface area contributed by atoms with Crippen LogP contribution in [0.25, 0.3) is 0 Å². The van der Waals surface area contributed by atoms with E-state index in [0.717, 1.165) is 11.3 Å². The summed E-state index contributed by atoms with van der Waals surface area (Å²) in [5.41, 5.74) is 1.01. The minimum atomic E-state index is -0.299. The zero-order valence-electron chi connectivity index (χ0n) is 13.4. The van der Waals surface area contributed by atoms with E-state index in [9.17, 15) is 9.59 Å². The number of allylic oxidation sites excluding steroid dienone is 1. The van der Waals surface area contributed by atoms with E-state index in [1.807, 2.05) is 41.5 Å². The van der Waals surface area contributed by atoms with E-state index in [-0.39, 0.29) is 29.2 Å². The van der Waals surface area contributed by atoms with E-state index in [4.69, 9.17) is 0 Å². The normalized spacial score (nSPS) is 19.2. The molecule has 0 atom stereocenters. The summed E-state index contributed by atoms with van der Waals surface area (Å²) in [4.78, 5) is 28.0. The number of amides is 2. The number of carbonyl (C=O) groups excluding carboxylic acids is 2. The number of hydrogen-bond donors (Lipinski definition) is 0. The van der Waals surface area contributed by atoms with Crippen molar-refractivity contribution in [2.24, 2.45) is 10.8 Å². The Labute approximate surface area is 116 Å². The molecule has 0 spiro atoms. The van der Waals surface area contributed by atoms with Crippen molar-refractivity contribution in [3.8, 4) is 0 Å². The fraction of sp³-hybridized carbons (Fsp3) is 0.733. The molecular formula is C15H26N2O2. The maximum Gasteiger partial charge on any atom is 0.252 e. The van der Waals surface area contributed by atoms with Crippen LogP contribution < -0.4 is 0 Å². The van der Waals surface area contributed by atoms with Crippen LogP contribution in [0.3, 0.4) is 0 Å². The van der Waals surface area contributed by atoms with Gasteiger partial charge in [-0.15, -0.1) is 0 Å². The van der Waals surface area contributed by atoms with E-state index in [1.165, 1.54) is 4.90 Å². The molecule has 0 saturated heterocycles. The van der Waals surface area contributed by atoms with Gasteiger partial charge in [0.1, 0.15) is 6.54 Å². The molecule has 1 aliphatic heterocycles. The Balaban J connectivity index is 3.65. The first-order valence-corrected chi connectivity index (χ1v) is 6.64. The highest BCUT2D eigenvalue weighted by Crippen LogP contribution is 2.39. The molecule has 1 rings (SSSR count). The molecule has 0 aromatic carbocycles. The number of hydrogen-bond acceptors (Lipinski definition) is 2. The first-order valence-electron chi connectivity index (χ1n) is 6.64. The third kappa shape index (κ3) is 2.99. The van der Waals surface area contributed by atoms with Gasteiger partial charge in [-0.1, -0.05) is 41.5 Å². The molecule has 4 heteroatoms. The molecule has 1 heterocycles. The van der Waals surface area contributed by atoms with Crippen LogP contribution in [-0.2, 0) is 9.59 Å². The second-order valence-corrected chi connectivity index (χ2v) is 7.34. The van der Waals surface area contributed by atoms with Crippen LogP contribution >= 0.6 is 0 Å². The predicted octanol–water partition coefficient (Wildman–Crippen LogP) is 2.26. The summed E-state index contributed by atoms with van der Waals surface area (Å²) in [7, 11) is 3.45. The quantitative estimate of drug-likeness (QED) is 0.675. The van der Waals surface area contributed by atoms with Gasteiger partial charge in [0.25, 0.3) is 5.91 Å². The summed E-state index contributed by atoms with van der Waals surface area (Å²) >= 11 is 0. The number of likely N-dealkylation sites (N-methyl/N-ethyl adjacent to an activating group) is 2. The summed E-state index contributed by atoms with van der Waals surface area (Å²) in [5, 5.41) is 0. The van der Waals surface area contributed by atoms with Crippen LogP contribution in [-0.4, -0.2) is 42.3 Å². The maximum atomic E-state index is 12.6. The van der Waals surface area contributed by atoms with E-state index in [0.29, 0.717) is 0 Å². The summed E-state index contributed by atoms with van der Waals surface area (Å²) < 4.78 is 0. The molecule has 0 radical (unpaired) electrons. The Hall–Kier alpha value is -1.32. The van der Waals surface area contributed by atoms with Gasteiger partial charge in [0, 0.05) is 30.8 Å². The van der Waals surface area contributed by atoms with Gasteiger partial charge in [0.05, 0.1) is 0 Å². The smallest absolute Gasteiger partial charge is 0.252 e. The zero-order valence-corrected chi connectivity index (χ0v) is 13.4. The summed E-state index contributed by atoms with van der Waals surface area (Å²) in [6.45, 7) is 12.3. The minimum Gasteiger partial charge on any atom is -0.333 e. The van der Waals surface area contributed by atoms with E-state index in [2.05, 4.69) is 0 Å². The molecule has 2 amide bonds. The Morgan fingerprint density at radius 3 is 1.74 bits per heavy atom. The number of rotatable bonds is 0. The number of nitrogens with zero attached hydrogens (tertiary/aromatic N) is 2. The van der Waals surface area contributed by atoms with Gasteiger partial charge in [0.2, 0.25) is 5.91 Å². The molecule has 19 heavy (non-hydrogen) atoms. The van der Waals surface area contributed by atoms with Crippen molar-refractivity contribution in [2.75, 3.05) is 20.6 Å². The molecule has 0 aromatic rings. The van der Waals surface area contributed by atoms with Gasteiger partial charge in [-0.25, -0.2) is 0 Å². The van der Waals surface area contributed by atoms with Crippen molar-refractivity contribution in [2.45, 2.75) is 41.5 Å². The Morgan fingerprint density at radius 2 is 1.37 bits per heavy atom. The second kappa shape index (κ2) is 4.66. The van der Waals surface area contributed by atoms with Crippen molar-refractivity contribution >= 4 is 11.8 Å². The summed E-state index contributed by atoms with van der Waals surface area (Å²) in [6, 6.07) is 0. The second-order valence-electron chi connectivity index (χ2n) is 7.34. The largest absolute Gasteiger partial charge is 0.333 e. The minimum absolute atomic E-state index is 0.0416. The van der Waals surface area contributed by atoms with Crippen LogP contribution in [0.4, 0.5) is 0 Å². The molecule has 0 unspecified atom stereocenters. The Bertz CT molecular complexity index is 436. The highest BCUT2D eigenvalue weighted by molar-refractivity contribution is 6.00. The van der Waals surface area contributed by atoms with Gasteiger partial charge in [-0.05, 0) is 5.41 Å². The van der Waals surface area contributed by atoms with Gasteiger partial charge in [0.15, 0.2) is 0 Å². The van der Waals surface area contributed by atoms with Crippen molar-refractivity contribution in [3.05, 3.63) is 11.3 Å². The highest BCUT2D eigenvalue weighted by Gasteiger charge is 2.40. The average molecular weight is 266 g/mol. The van der Waals surface area contributed by atoms with Crippen LogP contribution in [0.1, 0.15) is 41.5 Å². The maximum absolute atomic E-state index is 12.6. The predicted molar refractivity (Wildman–Crippen MR) is 76.3 cm³/mol. The summed E-state index contributed by atoms with van der Waals surface area (Å²) in [6.07, 6.45) is 0. The molecular weight excluding hydrogens is 240 g/mol. The standard InChI is InChI=1S/C15H26N2O2/c1-14(2,3)11-12(15(4,5)6)17(8)10(18)9-16(7)13(11)19/h9H2,1-8H3. The zero-order chi connectivity index (χ0) is 15.2. The lowest BCUT2D eigenvalue weighted by molar-refractivity contribution is -0.134. The van der Waals surface area contributed by atoms with Gasteiger partial charge < -0.3 is 9.80 Å². The molecule has 0 N–H and O–H groups in total. The molecule has 108 valence electrons. The van der Waals surface area contributed by atoms with Gasteiger partial charge >= 0.3 is 0 Å². The van der Waals surface area contributed by atoms with E-state index < -0.39 is 0 Å². The summed E-state index contributed by atoms with van der Waals surface area (Å²) in [5.74, 6) is -0.0878. The van der Waals surface area contributed by atoms with Crippen LogP contribution in [0.5, 0.6) is 0 Å². The van der Waals surface area contributed by atoms with Crippen LogP contribution in [0, 0.1) is 10.8 Å². The van der Waals surface area contributed by atoms with Gasteiger partial charge in [-0.3, -0.25) is 9.59 Å². The average Bonchev–Trinajstić information content (AvgIpc) is 2.26. The fourth-order valence-electron chi connectivity index (χ4n) is 2.52. The lowest BCUT2D eigenvalue weighted by Gasteiger charge is -2.35. The fourth-order valence-corrected chi connectivity index (χ4v) is 2.52. The first kappa shape index (κ1) is 15.7. The van der Waals surface area contributed by atoms with Crippen molar-refractivity contribution in [1.29, 1.82) is 0 Å². The monoisotopic (exact) mass is 266 g/mol. The number of carbonyl (C=O) groups is 2. The molecule has 0 saturated carbocycles. The third-order valence-corrected chi connectivity index (χ3v) is 3.34. The highest BCUT2D eigenvalue weighted by atomic mass is 16.2. The Kier molecular flexibility index (Phi) is 3.86. The molecule has 0 fully saturated rings. The molecule has 0 bridgehead atoms. The molecule has 1 aliphatic rings. The lowest BCUT2D eigenvalue weighted by atomic mass is 9.77. The first-order chi connectivity index (χ1) is 8.37. The van der Waals surface area contributed by atoms with Crippen molar-refractivity contribution in [3.63, 3.8) is 0 Å². The molecule has 4 nitrogen and oxygen atoms in total. The van der Waals surface area contributed by atoms with Crippen molar-refractivity contribution in [1.82, 2.24) is 9.80 Å². The van der Waals surface area contributed by atoms with Crippen molar-refractivity contribution < 1.29 is 9.59 Å². The van der Waals surface area contributed by atoms with Crippen LogP contribution in [0.2, 0.25) is 0 Å². The van der Waals surface area contributed by atoms with Crippen LogP contribution in [0.15, 0.2) is 11.3 Å². The van der Waals surface area contributed by atoms with Gasteiger partial charge in [-0.2, -0.15) is 0 Å². The lowest BCUT2D eigenvalue weighted by Crippen LogP contribution is -2.36. The molecule has 0 aromatic heterocycles. The topological polar surface area (TPSA) is 40.6 Å². The van der Waals surface area contributed by atoms with E-state index in [1.54, 1.807) is 19.0 Å². The van der Waals surface area contributed by atoms with E-state index >= 15 is 0 Å². The third-order valence-electron chi connectivity index (χ3n) is 3.34. The SMILES string of the molecule is CN1CC(=O)N(C)C(C(C)(C)C)=C(C(C)(C)C)C1=O. The molecule has 0 aliphatic carbocycles. The Morgan fingerprint density at radius 1 is 0.895 bits per heavy atom.